The Labute approximate surface area is 237 Å². The van der Waals surface area contributed by atoms with Crippen LogP contribution in [0.1, 0.15) is 46.2 Å². The molecule has 0 unspecified atom stereocenters. The fourth-order valence-corrected chi connectivity index (χ4v) is 4.68. The molecule has 1 amide bonds. The predicted octanol–water partition coefficient (Wildman–Crippen LogP) is 4.26. The highest BCUT2D eigenvalue weighted by atomic mass is 19.1. The molecule has 4 aromatic rings. The summed E-state index contributed by atoms with van der Waals surface area (Å²) in [6.07, 6.45) is 0.199. The molecule has 0 aliphatic heterocycles. The van der Waals surface area contributed by atoms with Gasteiger partial charge in [0.25, 0.3) is 5.91 Å². The van der Waals surface area contributed by atoms with Gasteiger partial charge in [0, 0.05) is 30.9 Å². The number of aliphatic hydroxyl groups is 1. The van der Waals surface area contributed by atoms with E-state index in [2.05, 4.69) is 28.7 Å². The van der Waals surface area contributed by atoms with Crippen LogP contribution in [-0.2, 0) is 19.4 Å². The number of carbonyl (C=O) groups is 1. The molecule has 1 heterocycles. The van der Waals surface area contributed by atoms with Crippen molar-refractivity contribution in [2.24, 2.45) is 0 Å². The predicted molar refractivity (Wildman–Crippen MR) is 154 cm³/mol. The summed E-state index contributed by atoms with van der Waals surface area (Å²) in [6, 6.07) is 20.9. The first-order valence-corrected chi connectivity index (χ1v) is 13.6. The first kappa shape index (κ1) is 29.8. The minimum absolute atomic E-state index is 0.133. The number of hydrogen-bond acceptors (Lipinski definition) is 5. The van der Waals surface area contributed by atoms with E-state index >= 15 is 0 Å². The first-order valence-electron chi connectivity index (χ1n) is 13.6. The van der Waals surface area contributed by atoms with Gasteiger partial charge in [-0.05, 0) is 67.1 Å². The van der Waals surface area contributed by atoms with Crippen LogP contribution in [0.4, 0.5) is 8.78 Å². The maximum atomic E-state index is 13.8. The number of para-hydroxylation sites is 1. The fraction of sp³-hybridized carbons (Fsp3) is 0.281. The zero-order valence-corrected chi connectivity index (χ0v) is 23.1. The summed E-state index contributed by atoms with van der Waals surface area (Å²) in [7, 11) is 0. The van der Waals surface area contributed by atoms with Crippen LogP contribution in [0.5, 0.6) is 0 Å². The zero-order chi connectivity index (χ0) is 29.4. The molecule has 2 atom stereocenters. The Morgan fingerprint density at radius 3 is 2.37 bits per heavy atom. The highest BCUT2D eigenvalue weighted by molar-refractivity contribution is 5.92. The summed E-state index contributed by atoms with van der Waals surface area (Å²) >= 11 is 0. The Hall–Kier alpha value is -4.21. The lowest BCUT2D eigenvalue weighted by atomic mass is 10.00. The molecule has 4 rings (SSSR count). The minimum Gasteiger partial charge on any atom is -0.390 e. The number of nitrogens with one attached hydrogen (secondary N) is 2. The van der Waals surface area contributed by atoms with Gasteiger partial charge in [-0.2, -0.15) is 5.10 Å². The number of amides is 1. The van der Waals surface area contributed by atoms with Crippen LogP contribution in [0.3, 0.4) is 0 Å². The van der Waals surface area contributed by atoms with Crippen molar-refractivity contribution >= 4 is 5.91 Å². The third-order valence-electron chi connectivity index (χ3n) is 6.85. The Kier molecular flexibility index (Phi) is 10.1. The third kappa shape index (κ3) is 8.15. The average molecular weight is 561 g/mol. The van der Waals surface area contributed by atoms with E-state index in [0.29, 0.717) is 23.5 Å². The number of benzene rings is 3. The molecule has 214 valence electrons. The Morgan fingerprint density at radius 1 is 0.951 bits per heavy atom. The van der Waals surface area contributed by atoms with Crippen LogP contribution >= 0.6 is 0 Å². The fourth-order valence-electron chi connectivity index (χ4n) is 4.68. The molecule has 0 bridgehead atoms. The van der Waals surface area contributed by atoms with Crippen molar-refractivity contribution in [3.8, 4) is 5.69 Å². The molecule has 3 N–H and O–H groups in total. The second-order valence-electron chi connectivity index (χ2n) is 10.0. The van der Waals surface area contributed by atoms with E-state index in [-0.39, 0.29) is 25.1 Å². The van der Waals surface area contributed by atoms with Gasteiger partial charge in [-0.3, -0.25) is 9.59 Å². The standard InChI is InChI=1S/C32H34F2N4O3/c1-3-22-8-7-9-24(15-22)19-35-20-30(40)28(13-12-23-16-25(33)18-26(34)17-23)36-32(41)31-29(39)14-21(2)38(37-31)27-10-5-4-6-11-27/h4-11,14-18,28,30,35,40H,3,12-13,19-20H2,1-2H3,(H,36,41)/t28-,30+/m1/s1. The van der Waals surface area contributed by atoms with Crippen LogP contribution in [0.25, 0.3) is 5.69 Å². The third-order valence-corrected chi connectivity index (χ3v) is 6.85. The van der Waals surface area contributed by atoms with Crippen molar-refractivity contribution in [3.05, 3.63) is 129 Å². The second kappa shape index (κ2) is 13.9. The average Bonchev–Trinajstić information content (AvgIpc) is 2.95. The Morgan fingerprint density at radius 2 is 1.66 bits per heavy atom. The van der Waals surface area contributed by atoms with Gasteiger partial charge in [-0.15, -0.1) is 0 Å². The van der Waals surface area contributed by atoms with Gasteiger partial charge in [0.05, 0.1) is 17.8 Å². The van der Waals surface area contributed by atoms with E-state index in [1.165, 1.54) is 28.4 Å². The second-order valence-corrected chi connectivity index (χ2v) is 10.0. The summed E-state index contributed by atoms with van der Waals surface area (Å²) in [5, 5.41) is 21.4. The highest BCUT2D eigenvalue weighted by Gasteiger charge is 2.24. The molecular formula is C32H34F2N4O3. The Bertz CT molecular complexity index is 1520. The summed E-state index contributed by atoms with van der Waals surface area (Å²) in [6.45, 7) is 4.43. The normalized spacial score (nSPS) is 12.6. The topological polar surface area (TPSA) is 96.2 Å². The number of rotatable bonds is 12. The van der Waals surface area contributed by atoms with Gasteiger partial charge in [-0.25, -0.2) is 13.5 Å². The lowest BCUT2D eigenvalue weighted by Crippen LogP contribution is -2.48. The molecule has 7 nitrogen and oxygen atoms in total. The van der Waals surface area contributed by atoms with Gasteiger partial charge in [0.2, 0.25) is 5.43 Å². The summed E-state index contributed by atoms with van der Waals surface area (Å²) in [5.74, 6) is -2.16. The molecule has 3 aromatic carbocycles. The van der Waals surface area contributed by atoms with Gasteiger partial charge in [0.15, 0.2) is 5.69 Å². The summed E-state index contributed by atoms with van der Waals surface area (Å²) in [5.41, 5.74) is 3.00. The number of aryl methyl sites for hydroxylation is 3. The molecule has 0 saturated carbocycles. The van der Waals surface area contributed by atoms with Gasteiger partial charge >= 0.3 is 0 Å². The van der Waals surface area contributed by atoms with Crippen molar-refractivity contribution in [3.63, 3.8) is 0 Å². The van der Waals surface area contributed by atoms with Crippen LogP contribution in [0.2, 0.25) is 0 Å². The van der Waals surface area contributed by atoms with E-state index < -0.39 is 35.1 Å². The number of aliphatic hydroxyl groups excluding tert-OH is 1. The van der Waals surface area contributed by atoms with E-state index in [0.717, 1.165) is 18.1 Å². The molecule has 0 spiro atoms. The van der Waals surface area contributed by atoms with Gasteiger partial charge in [0.1, 0.15) is 11.6 Å². The molecule has 9 heteroatoms. The van der Waals surface area contributed by atoms with Crippen LogP contribution in [0, 0.1) is 18.6 Å². The SMILES string of the molecule is CCc1cccc(CNC[C@H](O)[C@@H](CCc2cc(F)cc(F)c2)NC(=O)c2nn(-c3ccccc3)c(C)cc2=O)c1. The molecule has 0 aliphatic rings. The zero-order valence-electron chi connectivity index (χ0n) is 23.1. The summed E-state index contributed by atoms with van der Waals surface area (Å²) < 4.78 is 29.0. The van der Waals surface area contributed by atoms with Crippen molar-refractivity contribution in [2.45, 2.75) is 51.8 Å². The molecule has 0 fully saturated rings. The molecule has 41 heavy (non-hydrogen) atoms. The number of aromatic nitrogens is 2. The number of carbonyl (C=O) groups excluding carboxylic acids is 1. The van der Waals surface area contributed by atoms with E-state index in [4.69, 9.17) is 0 Å². The monoisotopic (exact) mass is 560 g/mol. The van der Waals surface area contributed by atoms with Gasteiger partial charge < -0.3 is 15.7 Å². The largest absolute Gasteiger partial charge is 0.390 e. The van der Waals surface area contributed by atoms with E-state index in [1.54, 1.807) is 19.1 Å². The van der Waals surface area contributed by atoms with Crippen LogP contribution < -0.4 is 16.1 Å². The smallest absolute Gasteiger partial charge is 0.276 e. The quantitative estimate of drug-likeness (QED) is 0.241. The summed E-state index contributed by atoms with van der Waals surface area (Å²) in [4.78, 5) is 26.1. The molecule has 0 aliphatic carbocycles. The van der Waals surface area contributed by atoms with E-state index in [9.17, 15) is 23.5 Å². The maximum absolute atomic E-state index is 13.8. The van der Waals surface area contributed by atoms with Gasteiger partial charge in [-0.1, -0.05) is 49.4 Å². The van der Waals surface area contributed by atoms with Crippen molar-refractivity contribution in [2.75, 3.05) is 6.54 Å². The van der Waals surface area contributed by atoms with Crippen LogP contribution in [-0.4, -0.2) is 39.5 Å². The first-order chi connectivity index (χ1) is 19.7. The van der Waals surface area contributed by atoms with E-state index in [1.807, 2.05) is 36.4 Å². The number of hydrogen-bond donors (Lipinski definition) is 3. The van der Waals surface area contributed by atoms with Crippen molar-refractivity contribution in [1.29, 1.82) is 0 Å². The van der Waals surface area contributed by atoms with Crippen LogP contribution in [0.15, 0.2) is 83.7 Å². The molecular weight excluding hydrogens is 526 g/mol. The molecule has 0 saturated heterocycles. The number of halogens is 2. The Balaban J connectivity index is 1.52. The highest BCUT2D eigenvalue weighted by Crippen LogP contribution is 2.14. The maximum Gasteiger partial charge on any atom is 0.276 e. The lowest BCUT2D eigenvalue weighted by Gasteiger charge is -2.25. The van der Waals surface area contributed by atoms with Crippen molar-refractivity contribution in [1.82, 2.24) is 20.4 Å². The van der Waals surface area contributed by atoms with Crippen molar-refractivity contribution < 1.29 is 18.7 Å². The minimum atomic E-state index is -1.06. The number of nitrogens with zero attached hydrogens (tertiary/aromatic N) is 2. The molecule has 0 radical (unpaired) electrons. The lowest BCUT2D eigenvalue weighted by molar-refractivity contribution is 0.0811. The molecule has 1 aromatic heterocycles.